The van der Waals surface area contributed by atoms with E-state index in [9.17, 15) is 24.3 Å². The molecule has 0 saturated carbocycles. The third-order valence-electron chi connectivity index (χ3n) is 13.4. The molecule has 0 aromatic heterocycles. The van der Waals surface area contributed by atoms with Crippen LogP contribution in [0.15, 0.2) is 86.0 Å². The molecule has 0 amide bonds. The van der Waals surface area contributed by atoms with Crippen LogP contribution >= 0.6 is 0 Å². The van der Waals surface area contributed by atoms with E-state index in [1.54, 1.807) is 52.8 Å². The lowest BCUT2D eigenvalue weighted by Gasteiger charge is -2.22. The average Bonchev–Trinajstić information content (AvgIpc) is 3.36. The lowest BCUT2D eigenvalue weighted by molar-refractivity contribution is -0.0126. The molecule has 0 radical (unpaired) electrons. The van der Waals surface area contributed by atoms with Gasteiger partial charge in [-0.05, 0) is 172 Å². The molecular weight excluding hydrogens is 921 g/mol. The fraction of sp³-hybridized carbons (Fsp3) is 0.290. The number of phenols is 1. The third kappa shape index (κ3) is 12.3. The van der Waals surface area contributed by atoms with Gasteiger partial charge in [-0.3, -0.25) is 0 Å². The van der Waals surface area contributed by atoms with Crippen molar-refractivity contribution < 1.29 is 52.7 Å². The van der Waals surface area contributed by atoms with Crippen LogP contribution in [0.3, 0.4) is 0 Å². The molecule has 0 aliphatic carbocycles. The van der Waals surface area contributed by atoms with Crippen molar-refractivity contribution in [3.05, 3.63) is 197 Å². The van der Waals surface area contributed by atoms with Crippen LogP contribution in [-0.4, -0.2) is 42.9 Å². The van der Waals surface area contributed by atoms with E-state index in [0.29, 0.717) is 97.9 Å². The number of ether oxygens (including phenoxy) is 6. The number of esters is 4. The van der Waals surface area contributed by atoms with Crippen molar-refractivity contribution in [3.63, 3.8) is 0 Å². The summed E-state index contributed by atoms with van der Waals surface area (Å²) in [5, 5.41) is 10.1. The number of aryl methyl sites for hydroxylation is 2. The van der Waals surface area contributed by atoms with Crippen molar-refractivity contribution in [2.24, 2.45) is 0 Å². The second kappa shape index (κ2) is 25.1. The number of carbonyl (C=O) groups excluding carboxylic acids is 4. The first-order valence-electron chi connectivity index (χ1n) is 24.2. The van der Waals surface area contributed by atoms with E-state index < -0.39 is 23.9 Å². The summed E-state index contributed by atoms with van der Waals surface area (Å²) in [7, 11) is 1.46. The molecule has 0 unspecified atom stereocenters. The minimum absolute atomic E-state index is 0.129. The van der Waals surface area contributed by atoms with Gasteiger partial charge in [0, 0.05) is 18.2 Å². The van der Waals surface area contributed by atoms with Crippen molar-refractivity contribution in [1.29, 1.82) is 0 Å². The molecule has 0 fully saturated rings. The Morgan fingerprint density at radius 3 is 1.42 bits per heavy atom. The normalized spacial score (nSPS) is 10.7. The highest BCUT2D eigenvalue weighted by Gasteiger charge is 2.29. The SMILES string of the molecule is C=Cc1c(C)c(C(=O)OCc2ccccc2)c(C)c(C=C)c1OC(=O)c1c(C)cc(OCc2ccccc2)c(C)c1C.CCc1c(C)c(C(=O)OCOC)c(C)c(CC)c1OC(=O)c1c(C)cc(O)c(C)c1C. The summed E-state index contributed by atoms with van der Waals surface area (Å²) in [6.07, 6.45) is 4.34. The molecule has 11 heteroatoms. The number of methoxy groups -OCH3 is 1. The van der Waals surface area contributed by atoms with Gasteiger partial charge in [-0.1, -0.05) is 99.8 Å². The molecule has 73 heavy (non-hydrogen) atoms. The van der Waals surface area contributed by atoms with Gasteiger partial charge < -0.3 is 33.5 Å². The zero-order chi connectivity index (χ0) is 53.8. The highest BCUT2D eigenvalue weighted by molar-refractivity contribution is 6.00. The van der Waals surface area contributed by atoms with E-state index in [2.05, 4.69) is 13.2 Å². The molecule has 1 N–H and O–H groups in total. The fourth-order valence-corrected chi connectivity index (χ4v) is 9.22. The van der Waals surface area contributed by atoms with Gasteiger partial charge in [0.2, 0.25) is 0 Å². The monoisotopic (exact) mass is 988 g/mol. The van der Waals surface area contributed by atoms with E-state index in [4.69, 9.17) is 28.4 Å². The molecule has 6 aromatic rings. The number of benzene rings is 6. The predicted octanol–water partition coefficient (Wildman–Crippen LogP) is 13.7. The summed E-state index contributed by atoms with van der Waals surface area (Å²) in [5.74, 6) is -0.234. The Morgan fingerprint density at radius 1 is 0.507 bits per heavy atom. The molecular formula is C62H68O11. The van der Waals surface area contributed by atoms with Crippen LogP contribution < -0.4 is 14.2 Å². The molecule has 0 aliphatic heterocycles. The Morgan fingerprint density at radius 2 is 0.945 bits per heavy atom. The van der Waals surface area contributed by atoms with Crippen molar-refractivity contribution in [2.75, 3.05) is 13.9 Å². The number of hydrogen-bond acceptors (Lipinski definition) is 11. The Kier molecular flexibility index (Phi) is 19.3. The van der Waals surface area contributed by atoms with E-state index in [-0.39, 0.29) is 19.1 Å². The summed E-state index contributed by atoms with van der Waals surface area (Å²) in [6.45, 7) is 30.5. The van der Waals surface area contributed by atoms with E-state index in [0.717, 1.165) is 50.1 Å². The largest absolute Gasteiger partial charge is 0.508 e. The Hall–Kier alpha value is -7.76. The van der Waals surface area contributed by atoms with Crippen molar-refractivity contribution in [3.8, 4) is 23.0 Å². The topological polar surface area (TPSA) is 144 Å². The lowest BCUT2D eigenvalue weighted by atomic mass is 9.89. The average molecular weight is 989 g/mol. The van der Waals surface area contributed by atoms with Crippen molar-refractivity contribution in [1.82, 2.24) is 0 Å². The van der Waals surface area contributed by atoms with Crippen LogP contribution in [0.5, 0.6) is 23.0 Å². The molecule has 0 spiro atoms. The minimum Gasteiger partial charge on any atom is -0.508 e. The molecule has 0 saturated heterocycles. The molecule has 6 aromatic carbocycles. The minimum atomic E-state index is -0.507. The molecule has 11 nitrogen and oxygen atoms in total. The number of carbonyl (C=O) groups is 4. The fourth-order valence-electron chi connectivity index (χ4n) is 9.22. The summed E-state index contributed by atoms with van der Waals surface area (Å²) in [5.41, 5.74) is 13.4. The second-order valence-corrected chi connectivity index (χ2v) is 17.9. The Bertz CT molecular complexity index is 3010. The zero-order valence-electron chi connectivity index (χ0n) is 44.6. The molecule has 6 rings (SSSR count). The van der Waals surface area contributed by atoms with Gasteiger partial charge in [0.25, 0.3) is 0 Å². The van der Waals surface area contributed by atoms with Gasteiger partial charge in [0.1, 0.15) is 36.2 Å². The first-order chi connectivity index (χ1) is 34.8. The van der Waals surface area contributed by atoms with Crippen LogP contribution in [0, 0.1) is 69.2 Å². The highest BCUT2D eigenvalue weighted by atomic mass is 16.7. The van der Waals surface area contributed by atoms with Crippen LogP contribution in [0.25, 0.3) is 12.2 Å². The van der Waals surface area contributed by atoms with Crippen LogP contribution in [0.2, 0.25) is 0 Å². The Balaban J connectivity index is 0.000000284. The number of rotatable bonds is 17. The van der Waals surface area contributed by atoms with Crippen LogP contribution in [-0.2, 0) is 40.3 Å². The number of hydrogen-bond donors (Lipinski definition) is 1. The number of aromatic hydroxyl groups is 1. The van der Waals surface area contributed by atoms with Gasteiger partial charge in [-0.15, -0.1) is 0 Å². The summed E-state index contributed by atoms with van der Waals surface area (Å²) in [4.78, 5) is 52.8. The van der Waals surface area contributed by atoms with Gasteiger partial charge in [0.15, 0.2) is 6.79 Å². The lowest BCUT2D eigenvalue weighted by Crippen LogP contribution is -2.19. The predicted molar refractivity (Wildman–Crippen MR) is 287 cm³/mol. The molecule has 382 valence electrons. The van der Waals surface area contributed by atoms with E-state index in [1.807, 2.05) is 115 Å². The third-order valence-corrected chi connectivity index (χ3v) is 13.4. The van der Waals surface area contributed by atoms with Crippen LogP contribution in [0.4, 0.5) is 0 Å². The van der Waals surface area contributed by atoms with Gasteiger partial charge >= 0.3 is 23.9 Å². The summed E-state index contributed by atoms with van der Waals surface area (Å²) < 4.78 is 33.9. The standard InChI is InChI=1S/C37H36O5.C25H32O6/c1-8-30-26(6)34(36(38)41-22-29-18-14-11-15-19-29)27(7)31(9-2)35(30)42-37(39)33-23(3)20-32(24(4)25(33)5)40-21-28-16-12-10-13-17-28;1-9-18-16(6)22(24(27)30-12-29-8)17(7)19(10-2)23(18)31-25(28)21-13(3)11-20(26)14(4)15(21)5/h8-20H,1-2,21-22H2,3-7H3;11,26H,9-10,12H2,1-8H3. The van der Waals surface area contributed by atoms with Crippen LogP contribution in [0.1, 0.15) is 144 Å². The molecule has 0 bridgehead atoms. The maximum atomic E-state index is 13.7. The molecule has 0 aliphatic rings. The quantitative estimate of drug-likeness (QED) is 0.0530. The van der Waals surface area contributed by atoms with Gasteiger partial charge in [0.05, 0.1) is 22.3 Å². The van der Waals surface area contributed by atoms with Crippen molar-refractivity contribution in [2.45, 2.75) is 109 Å². The maximum Gasteiger partial charge on any atom is 0.344 e. The second-order valence-electron chi connectivity index (χ2n) is 17.9. The Labute approximate surface area is 430 Å². The summed E-state index contributed by atoms with van der Waals surface area (Å²) >= 11 is 0. The molecule has 0 heterocycles. The van der Waals surface area contributed by atoms with Gasteiger partial charge in [-0.2, -0.15) is 0 Å². The summed E-state index contributed by atoms with van der Waals surface area (Å²) in [6, 6.07) is 22.9. The van der Waals surface area contributed by atoms with E-state index in [1.165, 1.54) is 7.11 Å². The first kappa shape index (κ1) is 56.2. The van der Waals surface area contributed by atoms with Crippen molar-refractivity contribution >= 4 is 36.0 Å². The van der Waals surface area contributed by atoms with Gasteiger partial charge in [-0.25, -0.2) is 19.2 Å². The first-order valence-corrected chi connectivity index (χ1v) is 24.2. The van der Waals surface area contributed by atoms with E-state index >= 15 is 0 Å². The molecule has 0 atom stereocenters. The zero-order valence-corrected chi connectivity index (χ0v) is 44.6. The maximum absolute atomic E-state index is 13.7. The smallest absolute Gasteiger partial charge is 0.344 e. The number of phenolic OH excluding ortho intramolecular Hbond substituents is 1. The highest BCUT2D eigenvalue weighted by Crippen LogP contribution is 2.39.